The van der Waals surface area contributed by atoms with Crippen LogP contribution in [0.1, 0.15) is 5.69 Å². The topological polar surface area (TPSA) is 45.0 Å². The van der Waals surface area contributed by atoms with Crippen molar-refractivity contribution in [3.8, 4) is 0 Å². The van der Waals surface area contributed by atoms with Gasteiger partial charge in [0.25, 0.3) is 0 Å². The lowest BCUT2D eigenvalue weighted by atomic mass is 10.4. The van der Waals surface area contributed by atoms with Crippen LogP contribution in [0.15, 0.2) is 23.3 Å². The predicted octanol–water partition coefficient (Wildman–Crippen LogP) is 0.611. The summed E-state index contributed by atoms with van der Waals surface area (Å²) in [5.41, 5.74) is 1.26. The Morgan fingerprint density at radius 3 is 2.71 bits per heavy atom. The standard InChI is InChI=1S/C15H29N5O/c1-16-15(17-8-10-18(2)11-12-21-5)20(4)13-14-7-6-9-19(14)3/h6-7,9H,8,10-13H2,1-5H3,(H,16,17). The van der Waals surface area contributed by atoms with Gasteiger partial charge in [0.05, 0.1) is 13.2 Å². The first-order chi connectivity index (χ1) is 10.1. The molecule has 0 aliphatic carbocycles. The molecular formula is C15H29N5O. The van der Waals surface area contributed by atoms with Gasteiger partial charge in [0, 0.05) is 59.8 Å². The Hall–Kier alpha value is -1.53. The first kappa shape index (κ1) is 17.5. The van der Waals surface area contributed by atoms with Gasteiger partial charge in [0.1, 0.15) is 0 Å². The number of nitrogens with one attached hydrogen (secondary N) is 1. The number of rotatable bonds is 8. The molecule has 0 aromatic carbocycles. The number of nitrogens with zero attached hydrogens (tertiary/aromatic N) is 4. The van der Waals surface area contributed by atoms with E-state index in [4.69, 9.17) is 4.74 Å². The van der Waals surface area contributed by atoms with Gasteiger partial charge in [-0.1, -0.05) is 0 Å². The van der Waals surface area contributed by atoms with Crippen molar-refractivity contribution in [3.05, 3.63) is 24.0 Å². The molecule has 1 rings (SSSR count). The van der Waals surface area contributed by atoms with E-state index in [0.29, 0.717) is 0 Å². The summed E-state index contributed by atoms with van der Waals surface area (Å²) in [6.45, 7) is 4.36. The van der Waals surface area contributed by atoms with Gasteiger partial charge >= 0.3 is 0 Å². The van der Waals surface area contributed by atoms with Crippen LogP contribution in [0.3, 0.4) is 0 Å². The van der Waals surface area contributed by atoms with Crippen molar-refractivity contribution in [2.24, 2.45) is 12.0 Å². The van der Waals surface area contributed by atoms with E-state index in [1.54, 1.807) is 7.11 Å². The molecule has 1 aromatic rings. The maximum absolute atomic E-state index is 5.07. The van der Waals surface area contributed by atoms with Crippen molar-refractivity contribution in [3.63, 3.8) is 0 Å². The maximum atomic E-state index is 5.07. The maximum Gasteiger partial charge on any atom is 0.193 e. The molecule has 1 aromatic heterocycles. The molecule has 0 unspecified atom stereocenters. The molecule has 0 aliphatic heterocycles. The number of ether oxygens (including phenoxy) is 1. The van der Waals surface area contributed by atoms with Crippen LogP contribution < -0.4 is 5.32 Å². The summed E-state index contributed by atoms with van der Waals surface area (Å²) in [4.78, 5) is 8.70. The smallest absolute Gasteiger partial charge is 0.193 e. The average Bonchev–Trinajstić information content (AvgIpc) is 2.86. The lowest BCUT2D eigenvalue weighted by Crippen LogP contribution is -2.42. The molecule has 0 amide bonds. The molecule has 0 aliphatic rings. The predicted molar refractivity (Wildman–Crippen MR) is 87.6 cm³/mol. The number of likely N-dealkylation sites (N-methyl/N-ethyl adjacent to an activating group) is 1. The molecule has 0 atom stereocenters. The van der Waals surface area contributed by atoms with Gasteiger partial charge in [-0.2, -0.15) is 0 Å². The highest BCUT2D eigenvalue weighted by molar-refractivity contribution is 5.79. The van der Waals surface area contributed by atoms with E-state index in [1.165, 1.54) is 5.69 Å². The Morgan fingerprint density at radius 1 is 1.38 bits per heavy atom. The summed E-state index contributed by atoms with van der Waals surface area (Å²) in [6, 6.07) is 4.19. The highest BCUT2D eigenvalue weighted by atomic mass is 16.5. The molecule has 1 N–H and O–H groups in total. The van der Waals surface area contributed by atoms with Gasteiger partial charge in [0.15, 0.2) is 5.96 Å². The number of guanidine groups is 1. The summed E-state index contributed by atoms with van der Waals surface area (Å²) in [5.74, 6) is 0.913. The fourth-order valence-electron chi connectivity index (χ4n) is 2.08. The Labute approximate surface area is 128 Å². The zero-order valence-corrected chi connectivity index (χ0v) is 14.0. The minimum Gasteiger partial charge on any atom is -0.383 e. The number of aromatic nitrogens is 1. The van der Waals surface area contributed by atoms with Gasteiger partial charge in [-0.3, -0.25) is 4.99 Å². The monoisotopic (exact) mass is 295 g/mol. The molecule has 1 heterocycles. The first-order valence-corrected chi connectivity index (χ1v) is 7.28. The van der Waals surface area contributed by atoms with E-state index in [0.717, 1.165) is 38.7 Å². The largest absolute Gasteiger partial charge is 0.383 e. The molecular weight excluding hydrogens is 266 g/mol. The Morgan fingerprint density at radius 2 is 2.14 bits per heavy atom. The van der Waals surface area contributed by atoms with Crippen LogP contribution in [0, 0.1) is 0 Å². The molecule has 0 saturated heterocycles. The fourth-order valence-corrected chi connectivity index (χ4v) is 2.08. The minimum absolute atomic E-state index is 0.763. The van der Waals surface area contributed by atoms with Crippen molar-refractivity contribution >= 4 is 5.96 Å². The minimum atomic E-state index is 0.763. The van der Waals surface area contributed by atoms with Gasteiger partial charge in [0.2, 0.25) is 0 Å². The highest BCUT2D eigenvalue weighted by Gasteiger charge is 2.08. The summed E-state index contributed by atoms with van der Waals surface area (Å²) in [5, 5.41) is 3.39. The van der Waals surface area contributed by atoms with Crippen molar-refractivity contribution < 1.29 is 4.74 Å². The van der Waals surface area contributed by atoms with Crippen LogP contribution >= 0.6 is 0 Å². The van der Waals surface area contributed by atoms with Crippen LogP contribution in [0.2, 0.25) is 0 Å². The third-order valence-corrected chi connectivity index (χ3v) is 3.48. The SMILES string of the molecule is CN=C(NCCN(C)CCOC)N(C)Cc1cccn1C. The summed E-state index contributed by atoms with van der Waals surface area (Å²) >= 11 is 0. The fraction of sp³-hybridized carbons (Fsp3) is 0.667. The number of aliphatic imine (C=N–C) groups is 1. The quantitative estimate of drug-likeness (QED) is 0.564. The summed E-state index contributed by atoms with van der Waals surface area (Å²) in [7, 11) is 9.75. The molecule has 0 radical (unpaired) electrons. The summed E-state index contributed by atoms with van der Waals surface area (Å²) < 4.78 is 7.20. The summed E-state index contributed by atoms with van der Waals surface area (Å²) in [6.07, 6.45) is 2.06. The molecule has 0 spiro atoms. The zero-order valence-electron chi connectivity index (χ0n) is 14.0. The molecule has 21 heavy (non-hydrogen) atoms. The van der Waals surface area contributed by atoms with E-state index in [-0.39, 0.29) is 0 Å². The molecule has 6 nitrogen and oxygen atoms in total. The number of methoxy groups -OCH3 is 1. The van der Waals surface area contributed by atoms with Crippen LogP contribution in [0.5, 0.6) is 0 Å². The first-order valence-electron chi connectivity index (χ1n) is 7.28. The lowest BCUT2D eigenvalue weighted by molar-refractivity contribution is 0.162. The number of hydrogen-bond donors (Lipinski definition) is 1. The van der Waals surface area contributed by atoms with Crippen molar-refractivity contribution in [1.29, 1.82) is 0 Å². The van der Waals surface area contributed by atoms with E-state index < -0.39 is 0 Å². The van der Waals surface area contributed by atoms with Crippen molar-refractivity contribution in [1.82, 2.24) is 19.7 Å². The average molecular weight is 295 g/mol. The molecule has 120 valence electrons. The van der Waals surface area contributed by atoms with E-state index in [9.17, 15) is 0 Å². The van der Waals surface area contributed by atoms with E-state index in [1.807, 2.05) is 7.05 Å². The Balaban J connectivity index is 2.36. The zero-order chi connectivity index (χ0) is 15.7. The third kappa shape index (κ3) is 6.18. The van der Waals surface area contributed by atoms with Crippen molar-refractivity contribution in [2.45, 2.75) is 6.54 Å². The lowest BCUT2D eigenvalue weighted by Gasteiger charge is -2.23. The second-order valence-electron chi connectivity index (χ2n) is 5.24. The van der Waals surface area contributed by atoms with E-state index >= 15 is 0 Å². The second-order valence-corrected chi connectivity index (χ2v) is 5.24. The van der Waals surface area contributed by atoms with Crippen LogP contribution in [0.25, 0.3) is 0 Å². The van der Waals surface area contributed by atoms with Gasteiger partial charge in [-0.25, -0.2) is 0 Å². The van der Waals surface area contributed by atoms with Crippen LogP contribution in [0.4, 0.5) is 0 Å². The van der Waals surface area contributed by atoms with Gasteiger partial charge in [-0.15, -0.1) is 0 Å². The van der Waals surface area contributed by atoms with Crippen LogP contribution in [-0.2, 0) is 18.3 Å². The molecule has 0 bridgehead atoms. The van der Waals surface area contributed by atoms with Gasteiger partial charge < -0.3 is 24.4 Å². The Kier molecular flexibility index (Phi) is 7.85. The Bertz CT molecular complexity index is 429. The van der Waals surface area contributed by atoms with Crippen molar-refractivity contribution in [2.75, 3.05) is 54.5 Å². The second kappa shape index (κ2) is 9.41. The third-order valence-electron chi connectivity index (χ3n) is 3.48. The number of hydrogen-bond acceptors (Lipinski definition) is 3. The molecule has 0 fully saturated rings. The van der Waals surface area contributed by atoms with Crippen LogP contribution in [-0.4, -0.2) is 74.8 Å². The molecule has 0 saturated carbocycles. The normalized spacial score (nSPS) is 12.0. The highest BCUT2D eigenvalue weighted by Crippen LogP contribution is 2.03. The van der Waals surface area contributed by atoms with Gasteiger partial charge in [-0.05, 0) is 19.2 Å². The van der Waals surface area contributed by atoms with E-state index in [2.05, 4.69) is 64.1 Å². The number of aryl methyl sites for hydroxylation is 1. The molecule has 6 heteroatoms.